The first-order chi connectivity index (χ1) is 11.3. The summed E-state index contributed by atoms with van der Waals surface area (Å²) in [7, 11) is 1.83. The highest BCUT2D eigenvalue weighted by Gasteiger charge is 2.14. The molecule has 0 amide bonds. The predicted molar refractivity (Wildman–Crippen MR) is 97.9 cm³/mol. The van der Waals surface area contributed by atoms with E-state index in [-0.39, 0.29) is 0 Å². The van der Waals surface area contributed by atoms with Crippen LogP contribution in [0.1, 0.15) is 32.6 Å². The first kappa shape index (κ1) is 17.9. The van der Waals surface area contributed by atoms with Gasteiger partial charge in [-0.3, -0.25) is 4.99 Å². The molecule has 2 heterocycles. The van der Waals surface area contributed by atoms with Crippen molar-refractivity contribution in [2.75, 3.05) is 39.8 Å². The Bertz CT molecular complexity index is 432. The number of likely N-dealkylation sites (tertiary alicyclic amines) is 1. The summed E-state index contributed by atoms with van der Waals surface area (Å²) < 4.78 is 2.17. The summed E-state index contributed by atoms with van der Waals surface area (Å²) in [6.45, 7) is 9.04. The molecule has 0 atom stereocenters. The van der Waals surface area contributed by atoms with Crippen molar-refractivity contribution in [3.8, 4) is 0 Å². The van der Waals surface area contributed by atoms with Gasteiger partial charge in [0.25, 0.3) is 0 Å². The molecule has 5 heteroatoms. The van der Waals surface area contributed by atoms with Gasteiger partial charge in [-0.1, -0.05) is 6.92 Å². The van der Waals surface area contributed by atoms with Crippen molar-refractivity contribution >= 4 is 5.96 Å². The number of nitrogens with zero attached hydrogens (tertiary/aromatic N) is 3. The average molecular weight is 319 g/mol. The van der Waals surface area contributed by atoms with Crippen LogP contribution >= 0.6 is 0 Å². The molecule has 1 aliphatic rings. The van der Waals surface area contributed by atoms with Crippen molar-refractivity contribution in [1.82, 2.24) is 20.1 Å². The van der Waals surface area contributed by atoms with Gasteiger partial charge in [-0.2, -0.15) is 0 Å². The van der Waals surface area contributed by atoms with E-state index in [1.165, 1.54) is 45.3 Å². The fourth-order valence-corrected chi connectivity index (χ4v) is 3.00. The van der Waals surface area contributed by atoms with Crippen molar-refractivity contribution in [2.24, 2.45) is 10.9 Å². The van der Waals surface area contributed by atoms with Crippen LogP contribution in [0.15, 0.2) is 29.5 Å². The van der Waals surface area contributed by atoms with Crippen LogP contribution in [0, 0.1) is 5.92 Å². The molecular weight excluding hydrogens is 286 g/mol. The van der Waals surface area contributed by atoms with Crippen LogP contribution in [0.5, 0.6) is 0 Å². The predicted octanol–water partition coefficient (Wildman–Crippen LogP) is 2.17. The number of nitrogens with one attached hydrogen (secondary N) is 2. The molecule has 130 valence electrons. The molecule has 0 bridgehead atoms. The second-order valence-corrected chi connectivity index (χ2v) is 6.58. The third-order valence-electron chi connectivity index (χ3n) is 4.62. The fraction of sp³-hybridized carbons (Fsp3) is 0.722. The van der Waals surface area contributed by atoms with Crippen molar-refractivity contribution in [1.29, 1.82) is 0 Å². The van der Waals surface area contributed by atoms with Crippen molar-refractivity contribution in [2.45, 2.75) is 39.2 Å². The molecule has 0 saturated carbocycles. The third-order valence-corrected chi connectivity index (χ3v) is 4.62. The summed E-state index contributed by atoms with van der Waals surface area (Å²) in [6.07, 6.45) is 9.37. The summed E-state index contributed by atoms with van der Waals surface area (Å²) in [5, 5.41) is 6.77. The van der Waals surface area contributed by atoms with E-state index in [0.29, 0.717) is 0 Å². The van der Waals surface area contributed by atoms with E-state index in [1.807, 2.05) is 7.05 Å². The topological polar surface area (TPSA) is 44.6 Å². The van der Waals surface area contributed by atoms with E-state index >= 15 is 0 Å². The highest BCUT2D eigenvalue weighted by molar-refractivity contribution is 5.79. The standard InChI is InChI=1S/C18H33N5/c1-17-7-14-23(15-8-17)11-4-3-9-20-18(19-2)21-10-16-22-12-5-6-13-22/h5-6,12-13,17H,3-4,7-11,14-16H2,1-2H3,(H2,19,20,21). The quantitative estimate of drug-likeness (QED) is 0.438. The van der Waals surface area contributed by atoms with Gasteiger partial charge in [-0.05, 0) is 63.4 Å². The van der Waals surface area contributed by atoms with E-state index in [0.717, 1.165) is 31.5 Å². The second-order valence-electron chi connectivity index (χ2n) is 6.58. The summed E-state index contributed by atoms with van der Waals surface area (Å²) >= 11 is 0. The molecule has 23 heavy (non-hydrogen) atoms. The molecule has 2 N–H and O–H groups in total. The van der Waals surface area contributed by atoms with Crippen molar-refractivity contribution in [3.05, 3.63) is 24.5 Å². The van der Waals surface area contributed by atoms with Gasteiger partial charge in [0.15, 0.2) is 5.96 Å². The van der Waals surface area contributed by atoms with Gasteiger partial charge in [-0.15, -0.1) is 0 Å². The van der Waals surface area contributed by atoms with Crippen LogP contribution in [-0.2, 0) is 6.54 Å². The Morgan fingerprint density at radius 2 is 1.74 bits per heavy atom. The first-order valence-corrected chi connectivity index (χ1v) is 9.05. The summed E-state index contributed by atoms with van der Waals surface area (Å²) in [4.78, 5) is 6.89. The molecule has 0 spiro atoms. The monoisotopic (exact) mass is 319 g/mol. The van der Waals surface area contributed by atoms with Crippen LogP contribution < -0.4 is 10.6 Å². The number of unbranched alkanes of at least 4 members (excludes halogenated alkanes) is 1. The van der Waals surface area contributed by atoms with Crippen LogP contribution in [0.4, 0.5) is 0 Å². The highest BCUT2D eigenvalue weighted by Crippen LogP contribution is 2.15. The molecule has 1 saturated heterocycles. The molecule has 2 rings (SSSR count). The maximum atomic E-state index is 4.28. The van der Waals surface area contributed by atoms with Crippen LogP contribution in [0.25, 0.3) is 0 Å². The highest BCUT2D eigenvalue weighted by atomic mass is 15.2. The maximum absolute atomic E-state index is 4.28. The van der Waals surface area contributed by atoms with Crippen molar-refractivity contribution in [3.63, 3.8) is 0 Å². The van der Waals surface area contributed by atoms with Crippen LogP contribution in [0.2, 0.25) is 0 Å². The van der Waals surface area contributed by atoms with Gasteiger partial charge in [0.05, 0.1) is 0 Å². The Morgan fingerprint density at radius 1 is 1.04 bits per heavy atom. The number of hydrogen-bond donors (Lipinski definition) is 2. The van der Waals surface area contributed by atoms with Crippen molar-refractivity contribution < 1.29 is 0 Å². The lowest BCUT2D eigenvalue weighted by molar-refractivity contribution is 0.189. The normalized spacial score (nSPS) is 17.4. The molecule has 0 unspecified atom stereocenters. The lowest BCUT2D eigenvalue weighted by atomic mass is 9.99. The van der Waals surface area contributed by atoms with Gasteiger partial charge < -0.3 is 20.1 Å². The van der Waals surface area contributed by atoms with Gasteiger partial charge >= 0.3 is 0 Å². The number of guanidine groups is 1. The van der Waals surface area contributed by atoms with E-state index in [2.05, 4.69) is 56.5 Å². The lowest BCUT2D eigenvalue weighted by Crippen LogP contribution is -2.39. The van der Waals surface area contributed by atoms with Crippen LogP contribution in [-0.4, -0.2) is 55.2 Å². The van der Waals surface area contributed by atoms with E-state index in [4.69, 9.17) is 0 Å². The molecule has 1 aliphatic heterocycles. The smallest absolute Gasteiger partial charge is 0.191 e. The molecule has 1 aromatic heterocycles. The SMILES string of the molecule is CN=C(NCCCCN1CCC(C)CC1)NCCn1cccc1. The summed E-state index contributed by atoms with van der Waals surface area (Å²) in [5.74, 6) is 1.83. The molecule has 0 aromatic carbocycles. The number of rotatable bonds is 8. The Hall–Kier alpha value is -1.49. The Balaban J connectivity index is 1.48. The van der Waals surface area contributed by atoms with Crippen LogP contribution in [0.3, 0.4) is 0 Å². The zero-order chi connectivity index (χ0) is 16.3. The summed E-state index contributed by atoms with van der Waals surface area (Å²) in [6, 6.07) is 4.10. The Kier molecular flexibility index (Phi) is 8.01. The number of aromatic nitrogens is 1. The number of piperidine rings is 1. The zero-order valence-corrected chi connectivity index (χ0v) is 14.8. The van der Waals surface area contributed by atoms with E-state index in [9.17, 15) is 0 Å². The minimum atomic E-state index is 0.889. The van der Waals surface area contributed by atoms with Gasteiger partial charge in [0.1, 0.15) is 0 Å². The summed E-state index contributed by atoms with van der Waals surface area (Å²) in [5.41, 5.74) is 0. The van der Waals surface area contributed by atoms with E-state index in [1.54, 1.807) is 0 Å². The lowest BCUT2D eigenvalue weighted by Gasteiger charge is -2.30. The first-order valence-electron chi connectivity index (χ1n) is 9.05. The number of hydrogen-bond acceptors (Lipinski definition) is 2. The molecule has 0 aliphatic carbocycles. The number of aliphatic imine (C=N–C) groups is 1. The largest absolute Gasteiger partial charge is 0.356 e. The zero-order valence-electron chi connectivity index (χ0n) is 14.8. The van der Waals surface area contributed by atoms with E-state index < -0.39 is 0 Å². The fourth-order valence-electron chi connectivity index (χ4n) is 3.00. The Morgan fingerprint density at radius 3 is 2.43 bits per heavy atom. The molecular formula is C18H33N5. The minimum Gasteiger partial charge on any atom is -0.356 e. The second kappa shape index (κ2) is 10.3. The molecule has 1 fully saturated rings. The Labute approximate surface area is 141 Å². The molecule has 0 radical (unpaired) electrons. The minimum absolute atomic E-state index is 0.889. The third kappa shape index (κ3) is 7.08. The van der Waals surface area contributed by atoms with Gasteiger partial charge in [0, 0.05) is 39.1 Å². The van der Waals surface area contributed by atoms with Gasteiger partial charge in [-0.25, -0.2) is 0 Å². The molecule has 1 aromatic rings. The molecule has 5 nitrogen and oxygen atoms in total. The maximum Gasteiger partial charge on any atom is 0.191 e. The van der Waals surface area contributed by atoms with Gasteiger partial charge in [0.2, 0.25) is 0 Å². The average Bonchev–Trinajstić information content (AvgIpc) is 3.08.